The third-order valence-corrected chi connectivity index (χ3v) is 13.0. The molecule has 58 heavy (non-hydrogen) atoms. The zero-order chi connectivity index (χ0) is 41.1. The van der Waals surface area contributed by atoms with Gasteiger partial charge in [0.05, 0.1) is 12.7 Å². The molecular weight excluding hydrogens is 705 g/mol. The van der Waals surface area contributed by atoms with Crippen molar-refractivity contribution < 1.29 is 9.48 Å². The third-order valence-electron chi connectivity index (χ3n) is 13.0. The largest absolute Gasteiger partial charge is 0.343 e. The zero-order valence-corrected chi connectivity index (χ0v) is 39.0. The lowest BCUT2D eigenvalue weighted by Gasteiger charge is -2.28. The highest BCUT2D eigenvalue weighted by atomic mass is 15.1. The summed E-state index contributed by atoms with van der Waals surface area (Å²) in [6, 6.07) is 0. The molecule has 4 nitrogen and oxygen atoms in total. The first kappa shape index (κ1) is 52.6. The van der Waals surface area contributed by atoms with E-state index >= 15 is 0 Å². The molecule has 1 unspecified atom stereocenters. The van der Waals surface area contributed by atoms with E-state index in [1.807, 2.05) is 0 Å². The highest BCUT2D eigenvalue weighted by Crippen LogP contribution is 2.19. The molecule has 0 fully saturated rings. The van der Waals surface area contributed by atoms with E-state index in [2.05, 4.69) is 47.8 Å². The number of hydrogen-bond acceptors (Lipinski definition) is 2. The molecule has 2 heterocycles. The summed E-state index contributed by atoms with van der Waals surface area (Å²) in [7, 11) is 0. The predicted octanol–water partition coefficient (Wildman–Crippen LogP) is 14.2. The molecule has 0 aromatic heterocycles. The van der Waals surface area contributed by atoms with Crippen LogP contribution in [-0.2, 0) is 0 Å². The number of rotatable bonds is 45. The first-order valence-corrected chi connectivity index (χ1v) is 26.4. The van der Waals surface area contributed by atoms with E-state index < -0.39 is 0 Å². The van der Waals surface area contributed by atoms with Crippen LogP contribution in [0.1, 0.15) is 257 Å². The molecule has 2 aliphatic heterocycles. The van der Waals surface area contributed by atoms with Crippen molar-refractivity contribution >= 4 is 6.21 Å². The Morgan fingerprint density at radius 1 is 0.483 bits per heavy atom. The van der Waals surface area contributed by atoms with Gasteiger partial charge < -0.3 is 27.0 Å². The predicted molar refractivity (Wildman–Crippen MR) is 259 cm³/mol. The second-order valence-electron chi connectivity index (χ2n) is 18.7. The van der Waals surface area contributed by atoms with Gasteiger partial charge in [-0.05, 0) is 76.9 Å². The van der Waals surface area contributed by atoms with Gasteiger partial charge in [-0.25, -0.2) is 5.92 Å². The molecule has 0 bridgehead atoms. The fraction of sp³-hybridized carbons (Fsp3) is 0.833. The number of unbranched alkanes of at least 4 members (excludes halogenated alkanes) is 35. The van der Waals surface area contributed by atoms with E-state index in [-0.39, 0.29) is 0 Å². The Kier molecular flexibility index (Phi) is 38.3. The number of hydrogen-bond donors (Lipinski definition) is 3. The standard InChI is InChI=1S/C54H101N4/c55-45-35-29-23-17-11-5-1-3-7-13-19-25-31-37-47-57-49-39-43-53(51-57)41-33-27-21-15-9-10-16-22-28-34-42-54-44-40-50-58(52-54)48-38-32-26-20-14-8-4-2-6-12-18-24-30-36-46-56/h39-40,43-44,49,51-52H,1-38,41-42,45-48,50,55-56H2/q-1/p+1. The fourth-order valence-corrected chi connectivity index (χ4v) is 9.17. The van der Waals surface area contributed by atoms with Crippen molar-refractivity contribution in [2.24, 2.45) is 11.5 Å². The molecule has 338 valence electrons. The first-order chi connectivity index (χ1) is 28.8. The van der Waals surface area contributed by atoms with Gasteiger partial charge in [0.2, 0.25) is 0 Å². The van der Waals surface area contributed by atoms with E-state index in [1.165, 1.54) is 282 Å². The van der Waals surface area contributed by atoms with Crippen molar-refractivity contribution in [1.29, 1.82) is 0 Å². The number of nitrogens with one attached hydrogen (secondary N) is 1. The minimum absolute atomic E-state index is 0.864. The second kappa shape index (κ2) is 42.2. The molecule has 0 amide bonds. The molecule has 0 aromatic carbocycles. The molecule has 1 atom stereocenters. The highest BCUT2D eigenvalue weighted by Gasteiger charge is 2.10. The molecule has 0 aliphatic carbocycles. The lowest BCUT2D eigenvalue weighted by molar-refractivity contribution is -0.841. The highest BCUT2D eigenvalue weighted by molar-refractivity contribution is 5.74. The van der Waals surface area contributed by atoms with E-state index in [1.54, 1.807) is 10.5 Å². The Morgan fingerprint density at radius 2 is 0.879 bits per heavy atom. The van der Waals surface area contributed by atoms with Gasteiger partial charge in [0.15, 0.2) is 0 Å². The monoisotopic (exact) mass is 807 g/mol. The molecule has 0 spiro atoms. The number of allylic oxidation sites excluding steroid dienone is 3. The third kappa shape index (κ3) is 34.2. The average Bonchev–Trinajstić information content (AvgIpc) is 3.24. The number of nitrogens with two attached hydrogens (primary N) is 2. The molecule has 0 saturated heterocycles. The first-order valence-electron chi connectivity index (χ1n) is 26.4. The normalized spacial score (nSPS) is 15.3. The second-order valence-corrected chi connectivity index (χ2v) is 18.7. The van der Waals surface area contributed by atoms with Gasteiger partial charge in [-0.15, -0.1) is 6.42 Å². The Morgan fingerprint density at radius 3 is 1.34 bits per heavy atom. The Hall–Kier alpha value is -1.49. The molecule has 0 radical (unpaired) electrons. The van der Waals surface area contributed by atoms with Gasteiger partial charge in [-0.2, -0.15) is 0 Å². The van der Waals surface area contributed by atoms with Crippen LogP contribution >= 0.6 is 0 Å². The van der Waals surface area contributed by atoms with Crippen LogP contribution in [0.5, 0.6) is 0 Å². The van der Waals surface area contributed by atoms with Crippen LogP contribution in [0.25, 0.3) is 0 Å². The molecule has 0 aromatic rings. The van der Waals surface area contributed by atoms with Crippen molar-refractivity contribution in [2.75, 3.05) is 32.7 Å². The fourth-order valence-electron chi connectivity index (χ4n) is 9.17. The van der Waals surface area contributed by atoms with Crippen molar-refractivity contribution in [3.05, 3.63) is 48.5 Å². The van der Waals surface area contributed by atoms with Crippen LogP contribution < -0.4 is 16.4 Å². The van der Waals surface area contributed by atoms with Gasteiger partial charge in [-0.3, -0.25) is 6.08 Å². The SMILES string of the molecule is NCCCCCCCCCCCCCCCC[N+]1=C[C-](CCCCCCCCCCCCC2=C[NH+](CCCCCCCCCCCCCCCCN)CC=C2)C=C[CH-]1. The summed E-state index contributed by atoms with van der Waals surface area (Å²) >= 11 is 0. The molecule has 2 rings (SSSR count). The minimum atomic E-state index is 0.864. The maximum Gasteiger partial charge on any atom is 0.123 e. The Labute approximate surface area is 364 Å². The Bertz CT molecular complexity index is 982. The summed E-state index contributed by atoms with van der Waals surface area (Å²) in [5.74, 6) is 1.53. The Balaban J connectivity index is 1.30. The van der Waals surface area contributed by atoms with Crippen LogP contribution in [0.4, 0.5) is 0 Å². The molecule has 2 aliphatic rings. The number of quaternary nitrogens is 1. The van der Waals surface area contributed by atoms with Crippen molar-refractivity contribution in [3.8, 4) is 0 Å². The van der Waals surface area contributed by atoms with Crippen LogP contribution in [0, 0.1) is 12.5 Å². The summed E-state index contributed by atoms with van der Waals surface area (Å²) in [4.78, 5) is 1.69. The van der Waals surface area contributed by atoms with Crippen LogP contribution in [-0.4, -0.2) is 43.5 Å². The van der Waals surface area contributed by atoms with Crippen LogP contribution in [0.15, 0.2) is 36.1 Å². The smallest absolute Gasteiger partial charge is 0.123 e. The van der Waals surface area contributed by atoms with E-state index in [0.717, 1.165) is 13.1 Å². The van der Waals surface area contributed by atoms with E-state index in [4.69, 9.17) is 11.5 Å². The summed E-state index contributed by atoms with van der Waals surface area (Å²) in [5.41, 5.74) is 12.8. The van der Waals surface area contributed by atoms with Crippen molar-refractivity contribution in [3.63, 3.8) is 0 Å². The number of nitrogens with zero attached hydrogens (tertiary/aromatic N) is 1. The average molecular weight is 807 g/mol. The van der Waals surface area contributed by atoms with Crippen LogP contribution in [0.3, 0.4) is 0 Å². The molecule has 4 heteroatoms. The quantitative estimate of drug-likeness (QED) is 0.0326. The molecule has 0 saturated carbocycles. The minimum Gasteiger partial charge on any atom is -0.343 e. The van der Waals surface area contributed by atoms with Crippen molar-refractivity contribution in [2.45, 2.75) is 257 Å². The van der Waals surface area contributed by atoms with E-state index in [0.29, 0.717) is 0 Å². The van der Waals surface area contributed by atoms with Gasteiger partial charge in [0, 0.05) is 12.0 Å². The van der Waals surface area contributed by atoms with Crippen LogP contribution in [0.2, 0.25) is 0 Å². The summed E-state index contributed by atoms with van der Waals surface area (Å²) in [5, 5.41) is 0. The van der Waals surface area contributed by atoms with Gasteiger partial charge in [-0.1, -0.05) is 205 Å². The molecular formula is C54H102N4. The lowest BCUT2D eigenvalue weighted by Crippen LogP contribution is -3.07. The maximum absolute atomic E-state index is 5.58. The van der Waals surface area contributed by atoms with Crippen molar-refractivity contribution in [1.82, 2.24) is 0 Å². The van der Waals surface area contributed by atoms with Gasteiger partial charge in [0.25, 0.3) is 0 Å². The summed E-state index contributed by atoms with van der Waals surface area (Å²) < 4.78 is 2.45. The lowest BCUT2D eigenvalue weighted by atomic mass is 9.98. The molecule has 5 N–H and O–H groups in total. The summed E-state index contributed by atoms with van der Waals surface area (Å²) in [6.07, 6.45) is 70.4. The van der Waals surface area contributed by atoms with Gasteiger partial charge in [0.1, 0.15) is 13.1 Å². The maximum atomic E-state index is 5.58. The zero-order valence-electron chi connectivity index (χ0n) is 39.0. The summed E-state index contributed by atoms with van der Waals surface area (Å²) in [6.45, 7) is 7.71. The topological polar surface area (TPSA) is 59.5 Å². The van der Waals surface area contributed by atoms with Gasteiger partial charge >= 0.3 is 0 Å². The van der Waals surface area contributed by atoms with E-state index in [9.17, 15) is 0 Å².